The highest BCUT2D eigenvalue weighted by atomic mass is 16.3. The summed E-state index contributed by atoms with van der Waals surface area (Å²) in [7, 11) is 4.12. The number of phenolic OH excluding ortho intramolecular Hbond substituents is 2. The van der Waals surface area contributed by atoms with E-state index >= 15 is 0 Å². The molecule has 102 valence electrons. The molecule has 4 nitrogen and oxygen atoms in total. The molecule has 2 atom stereocenters. The van der Waals surface area contributed by atoms with Crippen molar-refractivity contribution in [2.45, 2.75) is 32.4 Å². The molecule has 18 heavy (non-hydrogen) atoms. The molecular weight excluding hydrogens is 228 g/mol. The van der Waals surface area contributed by atoms with Gasteiger partial charge in [0.05, 0.1) is 0 Å². The zero-order valence-corrected chi connectivity index (χ0v) is 11.6. The van der Waals surface area contributed by atoms with Crippen LogP contribution in [0.4, 0.5) is 0 Å². The quantitative estimate of drug-likeness (QED) is 0.725. The van der Waals surface area contributed by atoms with Crippen molar-refractivity contribution in [3.8, 4) is 11.5 Å². The summed E-state index contributed by atoms with van der Waals surface area (Å²) in [6.45, 7) is 5.20. The summed E-state index contributed by atoms with van der Waals surface area (Å²) in [5, 5.41) is 22.4. The number of phenols is 2. The SMILES string of the molecule is CC(CCN(C)C)NC(C)c1cc(O)cc(O)c1. The number of nitrogens with zero attached hydrogens (tertiary/aromatic N) is 1. The van der Waals surface area contributed by atoms with Crippen LogP contribution in [0.3, 0.4) is 0 Å². The molecule has 0 aliphatic carbocycles. The van der Waals surface area contributed by atoms with Gasteiger partial charge < -0.3 is 20.4 Å². The van der Waals surface area contributed by atoms with Crippen molar-refractivity contribution in [1.29, 1.82) is 0 Å². The second kappa shape index (κ2) is 6.61. The number of nitrogens with one attached hydrogen (secondary N) is 1. The number of hydrogen-bond donors (Lipinski definition) is 3. The van der Waals surface area contributed by atoms with Crippen molar-refractivity contribution in [3.05, 3.63) is 23.8 Å². The summed E-state index contributed by atoms with van der Waals surface area (Å²) in [6.07, 6.45) is 1.06. The molecule has 0 amide bonds. The van der Waals surface area contributed by atoms with Crippen LogP contribution in [0.5, 0.6) is 11.5 Å². The number of hydrogen-bond acceptors (Lipinski definition) is 4. The summed E-state index contributed by atoms with van der Waals surface area (Å²) < 4.78 is 0. The van der Waals surface area contributed by atoms with E-state index in [1.807, 2.05) is 6.92 Å². The van der Waals surface area contributed by atoms with Crippen LogP contribution in [0, 0.1) is 0 Å². The van der Waals surface area contributed by atoms with Gasteiger partial charge in [-0.3, -0.25) is 0 Å². The molecule has 0 spiro atoms. The second-order valence-electron chi connectivity index (χ2n) is 5.16. The predicted molar refractivity (Wildman–Crippen MR) is 74.0 cm³/mol. The molecule has 0 fully saturated rings. The Kier molecular flexibility index (Phi) is 5.44. The van der Waals surface area contributed by atoms with E-state index in [9.17, 15) is 10.2 Å². The molecule has 1 aromatic rings. The lowest BCUT2D eigenvalue weighted by atomic mass is 10.1. The van der Waals surface area contributed by atoms with Crippen molar-refractivity contribution in [2.24, 2.45) is 0 Å². The molecule has 0 saturated heterocycles. The molecule has 0 radical (unpaired) electrons. The highest BCUT2D eigenvalue weighted by Crippen LogP contribution is 2.25. The van der Waals surface area contributed by atoms with E-state index in [0.29, 0.717) is 6.04 Å². The summed E-state index contributed by atoms with van der Waals surface area (Å²) in [6, 6.07) is 5.17. The van der Waals surface area contributed by atoms with Gasteiger partial charge in [0.25, 0.3) is 0 Å². The Labute approximate surface area is 109 Å². The molecule has 4 heteroatoms. The fourth-order valence-electron chi connectivity index (χ4n) is 1.93. The summed E-state index contributed by atoms with van der Waals surface area (Å²) in [5.74, 6) is 0.194. The Morgan fingerprint density at radius 2 is 1.67 bits per heavy atom. The van der Waals surface area contributed by atoms with Crippen LogP contribution in [0.25, 0.3) is 0 Å². The zero-order valence-electron chi connectivity index (χ0n) is 11.6. The molecule has 0 bridgehead atoms. The van der Waals surface area contributed by atoms with Crippen LogP contribution < -0.4 is 5.32 Å². The number of benzene rings is 1. The highest BCUT2D eigenvalue weighted by Gasteiger charge is 2.11. The summed E-state index contributed by atoms with van der Waals surface area (Å²) in [4.78, 5) is 2.16. The minimum absolute atomic E-state index is 0.0968. The molecule has 0 aliphatic heterocycles. The van der Waals surface area contributed by atoms with Gasteiger partial charge in [0.2, 0.25) is 0 Å². The van der Waals surface area contributed by atoms with Crippen molar-refractivity contribution in [3.63, 3.8) is 0 Å². The standard InChI is InChI=1S/C14H24N2O2/c1-10(5-6-16(3)4)15-11(2)12-7-13(17)9-14(18)8-12/h7-11,15,17-18H,5-6H2,1-4H3. The van der Waals surface area contributed by atoms with Crippen LogP contribution in [-0.4, -0.2) is 41.8 Å². The third-order valence-electron chi connectivity index (χ3n) is 2.97. The van der Waals surface area contributed by atoms with E-state index < -0.39 is 0 Å². The molecule has 3 N–H and O–H groups in total. The maximum atomic E-state index is 9.46. The zero-order chi connectivity index (χ0) is 13.7. The second-order valence-corrected chi connectivity index (χ2v) is 5.16. The number of aromatic hydroxyl groups is 2. The van der Waals surface area contributed by atoms with Crippen LogP contribution >= 0.6 is 0 Å². The normalized spacial score (nSPS) is 14.7. The largest absolute Gasteiger partial charge is 0.508 e. The average molecular weight is 252 g/mol. The predicted octanol–water partition coefficient (Wildman–Crippen LogP) is 2.09. The van der Waals surface area contributed by atoms with Gasteiger partial charge in [-0.05, 0) is 58.6 Å². The van der Waals surface area contributed by atoms with Crippen molar-refractivity contribution >= 4 is 0 Å². The van der Waals surface area contributed by atoms with Gasteiger partial charge in [-0.25, -0.2) is 0 Å². The first-order chi connectivity index (χ1) is 8.38. The molecule has 0 heterocycles. The molecule has 2 unspecified atom stereocenters. The van der Waals surface area contributed by atoms with Crippen molar-refractivity contribution in [2.75, 3.05) is 20.6 Å². The Morgan fingerprint density at radius 3 is 2.17 bits per heavy atom. The molecule has 0 saturated carbocycles. The van der Waals surface area contributed by atoms with Crippen LogP contribution in [-0.2, 0) is 0 Å². The minimum atomic E-state index is 0.0968. The van der Waals surface area contributed by atoms with E-state index in [2.05, 4.69) is 31.2 Å². The lowest BCUT2D eigenvalue weighted by Gasteiger charge is -2.22. The first-order valence-electron chi connectivity index (χ1n) is 6.32. The third-order valence-corrected chi connectivity index (χ3v) is 2.97. The summed E-state index contributed by atoms with van der Waals surface area (Å²) >= 11 is 0. The first-order valence-corrected chi connectivity index (χ1v) is 6.32. The monoisotopic (exact) mass is 252 g/mol. The maximum absolute atomic E-state index is 9.46. The van der Waals surface area contributed by atoms with E-state index in [1.165, 1.54) is 6.07 Å². The molecular formula is C14H24N2O2. The fraction of sp³-hybridized carbons (Fsp3) is 0.571. The van der Waals surface area contributed by atoms with Gasteiger partial charge >= 0.3 is 0 Å². The van der Waals surface area contributed by atoms with E-state index in [4.69, 9.17) is 0 Å². The third kappa shape index (κ3) is 4.94. The highest BCUT2D eigenvalue weighted by molar-refractivity contribution is 5.37. The van der Waals surface area contributed by atoms with Gasteiger partial charge in [0.1, 0.15) is 11.5 Å². The smallest absolute Gasteiger partial charge is 0.119 e. The number of rotatable bonds is 6. The maximum Gasteiger partial charge on any atom is 0.119 e. The Morgan fingerprint density at radius 1 is 1.11 bits per heavy atom. The Balaban J connectivity index is 2.56. The molecule has 1 aromatic carbocycles. The first kappa shape index (κ1) is 14.8. The molecule has 0 aromatic heterocycles. The Bertz CT molecular complexity index is 360. The lowest BCUT2D eigenvalue weighted by Crippen LogP contribution is -2.31. The van der Waals surface area contributed by atoms with Gasteiger partial charge in [-0.2, -0.15) is 0 Å². The van der Waals surface area contributed by atoms with Gasteiger partial charge in [0.15, 0.2) is 0 Å². The minimum Gasteiger partial charge on any atom is -0.508 e. The van der Waals surface area contributed by atoms with Gasteiger partial charge in [0, 0.05) is 18.2 Å². The Hall–Kier alpha value is -1.26. The summed E-state index contributed by atoms with van der Waals surface area (Å²) in [5.41, 5.74) is 0.893. The molecule has 1 rings (SSSR count). The van der Waals surface area contributed by atoms with Crippen LogP contribution in [0.1, 0.15) is 31.9 Å². The van der Waals surface area contributed by atoms with Gasteiger partial charge in [-0.15, -0.1) is 0 Å². The lowest BCUT2D eigenvalue weighted by molar-refractivity contribution is 0.354. The van der Waals surface area contributed by atoms with Gasteiger partial charge in [-0.1, -0.05) is 0 Å². The van der Waals surface area contributed by atoms with E-state index in [0.717, 1.165) is 18.5 Å². The average Bonchev–Trinajstić information content (AvgIpc) is 2.25. The van der Waals surface area contributed by atoms with E-state index in [-0.39, 0.29) is 17.5 Å². The van der Waals surface area contributed by atoms with Crippen molar-refractivity contribution in [1.82, 2.24) is 10.2 Å². The van der Waals surface area contributed by atoms with E-state index in [1.54, 1.807) is 12.1 Å². The van der Waals surface area contributed by atoms with Crippen molar-refractivity contribution < 1.29 is 10.2 Å². The van der Waals surface area contributed by atoms with Crippen LogP contribution in [0.15, 0.2) is 18.2 Å². The fourth-order valence-corrected chi connectivity index (χ4v) is 1.93. The van der Waals surface area contributed by atoms with Crippen LogP contribution in [0.2, 0.25) is 0 Å². The molecule has 0 aliphatic rings. The topological polar surface area (TPSA) is 55.7 Å².